The van der Waals surface area contributed by atoms with E-state index >= 15 is 0 Å². The van der Waals surface area contributed by atoms with Gasteiger partial charge in [0.1, 0.15) is 11.6 Å². The number of furan rings is 1. The third-order valence-electron chi connectivity index (χ3n) is 2.65. The molecular formula is C13H15FN2O. The first-order valence-corrected chi connectivity index (χ1v) is 5.42. The second-order valence-corrected chi connectivity index (χ2v) is 3.91. The molecule has 0 saturated heterocycles. The monoisotopic (exact) mass is 234 g/mol. The summed E-state index contributed by atoms with van der Waals surface area (Å²) in [6.45, 7) is 0.946. The Morgan fingerprint density at radius 1 is 1.35 bits per heavy atom. The van der Waals surface area contributed by atoms with E-state index in [0.717, 1.165) is 17.0 Å². The summed E-state index contributed by atoms with van der Waals surface area (Å²) in [5.41, 5.74) is 7.33. The quantitative estimate of drug-likeness (QED) is 0.883. The summed E-state index contributed by atoms with van der Waals surface area (Å²) in [5.74, 6) is 0.598. The van der Waals surface area contributed by atoms with Gasteiger partial charge in [0, 0.05) is 19.3 Å². The van der Waals surface area contributed by atoms with Gasteiger partial charge in [-0.05, 0) is 35.9 Å². The minimum Gasteiger partial charge on any atom is -0.467 e. The van der Waals surface area contributed by atoms with Crippen LogP contribution >= 0.6 is 0 Å². The summed E-state index contributed by atoms with van der Waals surface area (Å²) >= 11 is 0. The molecule has 2 N–H and O–H groups in total. The topological polar surface area (TPSA) is 42.4 Å². The van der Waals surface area contributed by atoms with Crippen LogP contribution in [-0.2, 0) is 13.1 Å². The maximum atomic E-state index is 13.1. The van der Waals surface area contributed by atoms with Gasteiger partial charge in [-0.1, -0.05) is 0 Å². The zero-order valence-corrected chi connectivity index (χ0v) is 9.69. The summed E-state index contributed by atoms with van der Waals surface area (Å²) in [7, 11) is 1.93. The normalized spacial score (nSPS) is 10.5. The van der Waals surface area contributed by atoms with Gasteiger partial charge in [0.2, 0.25) is 0 Å². The van der Waals surface area contributed by atoms with Crippen molar-refractivity contribution in [2.45, 2.75) is 13.1 Å². The van der Waals surface area contributed by atoms with Crippen molar-refractivity contribution in [3.8, 4) is 0 Å². The molecule has 2 aromatic rings. The minimum absolute atomic E-state index is 0.263. The Morgan fingerprint density at radius 3 is 2.82 bits per heavy atom. The molecule has 0 atom stereocenters. The molecule has 0 unspecified atom stereocenters. The largest absolute Gasteiger partial charge is 0.467 e. The Labute approximate surface area is 99.6 Å². The summed E-state index contributed by atoms with van der Waals surface area (Å²) in [5, 5.41) is 0. The fourth-order valence-electron chi connectivity index (χ4n) is 1.81. The smallest absolute Gasteiger partial charge is 0.123 e. The molecule has 90 valence electrons. The molecule has 0 amide bonds. The van der Waals surface area contributed by atoms with Crippen molar-refractivity contribution in [1.29, 1.82) is 0 Å². The molecule has 0 saturated carbocycles. The number of halogens is 1. The molecule has 17 heavy (non-hydrogen) atoms. The summed E-state index contributed by atoms with van der Waals surface area (Å²) in [6, 6.07) is 8.39. The first-order valence-electron chi connectivity index (χ1n) is 5.42. The molecule has 2 rings (SSSR count). The number of nitrogens with zero attached hydrogens (tertiary/aromatic N) is 1. The Balaban J connectivity index is 2.21. The molecule has 4 heteroatoms. The van der Waals surface area contributed by atoms with Crippen LogP contribution < -0.4 is 10.6 Å². The Hall–Kier alpha value is -1.81. The molecule has 3 nitrogen and oxygen atoms in total. The minimum atomic E-state index is -0.263. The SMILES string of the molecule is CN(Cc1ccco1)c1ccc(F)cc1CN. The van der Waals surface area contributed by atoms with E-state index in [1.165, 1.54) is 12.1 Å². The molecule has 0 bridgehead atoms. The van der Waals surface area contributed by atoms with E-state index in [4.69, 9.17) is 10.2 Å². The van der Waals surface area contributed by atoms with Crippen molar-refractivity contribution in [2.75, 3.05) is 11.9 Å². The lowest BCUT2D eigenvalue weighted by Crippen LogP contribution is -2.18. The summed E-state index contributed by atoms with van der Waals surface area (Å²) in [4.78, 5) is 1.99. The van der Waals surface area contributed by atoms with Crippen molar-refractivity contribution in [2.24, 2.45) is 5.73 Å². The molecule has 1 aromatic heterocycles. The third kappa shape index (κ3) is 2.65. The fourth-order valence-corrected chi connectivity index (χ4v) is 1.81. The standard InChI is InChI=1S/C13H15FN2O/c1-16(9-12-3-2-6-17-12)13-5-4-11(14)7-10(13)8-15/h2-7H,8-9,15H2,1H3. The second-order valence-electron chi connectivity index (χ2n) is 3.91. The zero-order chi connectivity index (χ0) is 12.3. The molecule has 0 aliphatic heterocycles. The van der Waals surface area contributed by atoms with Crippen molar-refractivity contribution in [3.63, 3.8) is 0 Å². The first kappa shape index (κ1) is 11.7. The number of hydrogen-bond acceptors (Lipinski definition) is 3. The van der Waals surface area contributed by atoms with Gasteiger partial charge < -0.3 is 15.1 Å². The van der Waals surface area contributed by atoms with Crippen LogP contribution in [0.1, 0.15) is 11.3 Å². The number of nitrogens with two attached hydrogens (primary N) is 1. The highest BCUT2D eigenvalue weighted by Gasteiger charge is 2.09. The lowest BCUT2D eigenvalue weighted by molar-refractivity contribution is 0.507. The maximum Gasteiger partial charge on any atom is 0.123 e. The van der Waals surface area contributed by atoms with Crippen molar-refractivity contribution >= 4 is 5.69 Å². The van der Waals surface area contributed by atoms with Crippen molar-refractivity contribution in [1.82, 2.24) is 0 Å². The molecule has 1 aromatic carbocycles. The van der Waals surface area contributed by atoms with Crippen LogP contribution in [0.3, 0.4) is 0 Å². The zero-order valence-electron chi connectivity index (χ0n) is 9.69. The lowest BCUT2D eigenvalue weighted by Gasteiger charge is -2.21. The van der Waals surface area contributed by atoms with Gasteiger partial charge in [0.25, 0.3) is 0 Å². The average molecular weight is 234 g/mol. The number of hydrogen-bond donors (Lipinski definition) is 1. The van der Waals surface area contributed by atoms with Gasteiger partial charge >= 0.3 is 0 Å². The lowest BCUT2D eigenvalue weighted by atomic mass is 10.1. The predicted molar refractivity (Wildman–Crippen MR) is 65.1 cm³/mol. The molecule has 0 radical (unpaired) electrons. The van der Waals surface area contributed by atoms with Crippen molar-refractivity contribution in [3.05, 3.63) is 53.7 Å². The van der Waals surface area contributed by atoms with Gasteiger partial charge in [-0.15, -0.1) is 0 Å². The van der Waals surface area contributed by atoms with Crippen LogP contribution in [-0.4, -0.2) is 7.05 Å². The third-order valence-corrected chi connectivity index (χ3v) is 2.65. The number of benzene rings is 1. The van der Waals surface area contributed by atoms with Gasteiger partial charge in [0.15, 0.2) is 0 Å². The second kappa shape index (κ2) is 5.01. The Bertz CT molecular complexity index is 482. The highest BCUT2D eigenvalue weighted by molar-refractivity contribution is 5.53. The average Bonchev–Trinajstić information content (AvgIpc) is 2.81. The number of rotatable bonds is 4. The molecular weight excluding hydrogens is 219 g/mol. The van der Waals surface area contributed by atoms with E-state index in [0.29, 0.717) is 13.1 Å². The van der Waals surface area contributed by atoms with E-state index in [9.17, 15) is 4.39 Å². The van der Waals surface area contributed by atoms with Gasteiger partial charge in [-0.3, -0.25) is 0 Å². The van der Waals surface area contributed by atoms with E-state index in [1.807, 2.05) is 24.1 Å². The molecule has 0 spiro atoms. The fraction of sp³-hybridized carbons (Fsp3) is 0.231. The van der Waals surface area contributed by atoms with Gasteiger partial charge in [-0.2, -0.15) is 0 Å². The van der Waals surface area contributed by atoms with E-state index < -0.39 is 0 Å². The van der Waals surface area contributed by atoms with E-state index in [-0.39, 0.29) is 5.82 Å². The predicted octanol–water partition coefficient (Wildman–Crippen LogP) is 2.51. The maximum absolute atomic E-state index is 13.1. The van der Waals surface area contributed by atoms with Crippen LogP contribution in [0.25, 0.3) is 0 Å². The highest BCUT2D eigenvalue weighted by Crippen LogP contribution is 2.22. The van der Waals surface area contributed by atoms with Crippen LogP contribution in [0, 0.1) is 5.82 Å². The molecule has 0 aliphatic rings. The van der Waals surface area contributed by atoms with Gasteiger partial charge in [-0.25, -0.2) is 4.39 Å². The van der Waals surface area contributed by atoms with E-state index in [2.05, 4.69) is 0 Å². The molecule has 1 heterocycles. The van der Waals surface area contributed by atoms with Crippen LogP contribution in [0.5, 0.6) is 0 Å². The van der Waals surface area contributed by atoms with Crippen molar-refractivity contribution < 1.29 is 8.81 Å². The first-order chi connectivity index (χ1) is 8.20. The molecule has 0 aliphatic carbocycles. The van der Waals surface area contributed by atoms with Crippen LogP contribution in [0.4, 0.5) is 10.1 Å². The number of anilines is 1. The van der Waals surface area contributed by atoms with Crippen LogP contribution in [0.15, 0.2) is 41.0 Å². The Morgan fingerprint density at radius 2 is 2.18 bits per heavy atom. The van der Waals surface area contributed by atoms with Gasteiger partial charge in [0.05, 0.1) is 12.8 Å². The summed E-state index contributed by atoms with van der Waals surface area (Å²) in [6.07, 6.45) is 1.64. The van der Waals surface area contributed by atoms with E-state index in [1.54, 1.807) is 12.3 Å². The summed E-state index contributed by atoms with van der Waals surface area (Å²) < 4.78 is 18.4. The highest BCUT2D eigenvalue weighted by atomic mass is 19.1. The van der Waals surface area contributed by atoms with Crippen LogP contribution in [0.2, 0.25) is 0 Å². The molecule has 0 fully saturated rings. The Kier molecular flexibility index (Phi) is 3.44.